The van der Waals surface area contributed by atoms with Crippen molar-refractivity contribution in [2.45, 2.75) is 44.8 Å². The van der Waals surface area contributed by atoms with Gasteiger partial charge in [-0.05, 0) is 25.3 Å². The second kappa shape index (κ2) is 8.73. The molecule has 0 radical (unpaired) electrons. The zero-order valence-corrected chi connectivity index (χ0v) is 13.3. The van der Waals surface area contributed by atoms with Gasteiger partial charge in [0.1, 0.15) is 0 Å². The number of carbonyl (C=O) groups is 2. The molecule has 0 unspecified atom stereocenters. The normalized spacial score (nSPS) is 17.0. The number of carbonyl (C=O) groups excluding carboxylic acids is 1. The average Bonchev–Trinajstić information content (AvgIpc) is 3.06. The molecule has 1 heterocycles. The van der Waals surface area contributed by atoms with Crippen molar-refractivity contribution in [1.29, 1.82) is 0 Å². The fourth-order valence-corrected chi connectivity index (χ4v) is 2.71. The Morgan fingerprint density at radius 2 is 2.08 bits per heavy atom. The zero-order chi connectivity index (χ0) is 17.5. The highest BCUT2D eigenvalue weighted by Crippen LogP contribution is 2.19. The van der Waals surface area contributed by atoms with E-state index in [0.29, 0.717) is 13.0 Å². The lowest BCUT2D eigenvalue weighted by Gasteiger charge is -2.23. The smallest absolute Gasteiger partial charge is 0.305 e. The molecule has 1 fully saturated rings. The van der Waals surface area contributed by atoms with E-state index in [1.165, 1.54) is 17.0 Å². The van der Waals surface area contributed by atoms with Crippen LogP contribution in [-0.2, 0) is 20.9 Å². The van der Waals surface area contributed by atoms with E-state index >= 15 is 0 Å². The Morgan fingerprint density at radius 1 is 1.29 bits per heavy atom. The molecule has 1 amide bonds. The Labute approximate surface area is 139 Å². The minimum atomic E-state index is -1.05. The first-order chi connectivity index (χ1) is 11.5. The maximum absolute atomic E-state index is 13.8. The molecule has 0 spiro atoms. The molecule has 0 aliphatic carbocycles. The Kier molecular flexibility index (Phi) is 6.66. The summed E-state index contributed by atoms with van der Waals surface area (Å²) in [5.41, 5.74) is 0.0332. The van der Waals surface area contributed by atoms with Crippen LogP contribution in [0.15, 0.2) is 18.2 Å². The molecule has 0 bridgehead atoms. The Morgan fingerprint density at radius 3 is 2.75 bits per heavy atom. The summed E-state index contributed by atoms with van der Waals surface area (Å²) in [7, 11) is 0. The number of amides is 1. The van der Waals surface area contributed by atoms with E-state index in [1.54, 1.807) is 0 Å². The van der Waals surface area contributed by atoms with Crippen LogP contribution in [0.1, 0.15) is 37.7 Å². The van der Waals surface area contributed by atoms with Gasteiger partial charge in [-0.3, -0.25) is 9.59 Å². The lowest BCUT2D eigenvalue weighted by molar-refractivity contribution is -0.139. The van der Waals surface area contributed by atoms with Crippen molar-refractivity contribution in [2.75, 3.05) is 13.2 Å². The van der Waals surface area contributed by atoms with Gasteiger partial charge in [0.25, 0.3) is 0 Å². The van der Waals surface area contributed by atoms with Crippen molar-refractivity contribution < 1.29 is 28.2 Å². The van der Waals surface area contributed by atoms with E-state index in [2.05, 4.69) is 0 Å². The van der Waals surface area contributed by atoms with Crippen LogP contribution in [0.2, 0.25) is 0 Å². The number of carboxylic acid groups (broad SMARTS) is 1. The van der Waals surface area contributed by atoms with Gasteiger partial charge in [-0.1, -0.05) is 12.1 Å². The third-order valence-electron chi connectivity index (χ3n) is 4.05. The van der Waals surface area contributed by atoms with E-state index < -0.39 is 17.6 Å². The molecule has 0 saturated carbocycles. The monoisotopic (exact) mass is 341 g/mol. The van der Waals surface area contributed by atoms with E-state index in [-0.39, 0.29) is 43.5 Å². The lowest BCUT2D eigenvalue weighted by atomic mass is 10.1. The van der Waals surface area contributed by atoms with E-state index in [1.807, 2.05) is 0 Å². The number of carboxylic acids is 1. The second-order valence-electron chi connectivity index (χ2n) is 5.85. The van der Waals surface area contributed by atoms with Gasteiger partial charge < -0.3 is 14.7 Å². The average molecular weight is 341 g/mol. The van der Waals surface area contributed by atoms with Crippen molar-refractivity contribution in [3.63, 3.8) is 0 Å². The highest BCUT2D eigenvalue weighted by molar-refractivity contribution is 5.77. The minimum Gasteiger partial charge on any atom is -0.481 e. The molecule has 24 heavy (non-hydrogen) atoms. The topological polar surface area (TPSA) is 66.8 Å². The van der Waals surface area contributed by atoms with Crippen LogP contribution in [-0.4, -0.2) is 41.1 Å². The number of rotatable bonds is 8. The van der Waals surface area contributed by atoms with Gasteiger partial charge in [0.2, 0.25) is 5.91 Å². The van der Waals surface area contributed by atoms with Gasteiger partial charge >= 0.3 is 5.97 Å². The molecule has 7 heteroatoms. The van der Waals surface area contributed by atoms with Crippen molar-refractivity contribution in [3.8, 4) is 0 Å². The van der Waals surface area contributed by atoms with Gasteiger partial charge in [-0.2, -0.15) is 0 Å². The summed E-state index contributed by atoms with van der Waals surface area (Å²) in [4.78, 5) is 24.4. The standard InChI is InChI=1S/C17H21F2NO4/c18-14-5-1-3-12(17(14)19)11-20(9-8-16(22)23)15(21)7-6-13-4-2-10-24-13/h1,3,5,13H,2,4,6-11H2,(H,22,23)/t13-/m1/s1. The van der Waals surface area contributed by atoms with Crippen LogP contribution in [0.5, 0.6) is 0 Å². The molecule has 1 aromatic rings. The van der Waals surface area contributed by atoms with Crippen LogP contribution in [0.25, 0.3) is 0 Å². The van der Waals surface area contributed by atoms with Crippen molar-refractivity contribution in [3.05, 3.63) is 35.4 Å². The van der Waals surface area contributed by atoms with E-state index in [0.717, 1.165) is 18.9 Å². The van der Waals surface area contributed by atoms with Gasteiger partial charge in [-0.15, -0.1) is 0 Å². The predicted octanol–water partition coefficient (Wildman–Crippen LogP) is 2.73. The van der Waals surface area contributed by atoms with Crippen LogP contribution >= 0.6 is 0 Å². The van der Waals surface area contributed by atoms with Crippen molar-refractivity contribution in [1.82, 2.24) is 4.90 Å². The summed E-state index contributed by atoms with van der Waals surface area (Å²) in [6.07, 6.45) is 2.41. The number of nitrogens with zero attached hydrogens (tertiary/aromatic N) is 1. The molecule has 1 atom stereocenters. The lowest BCUT2D eigenvalue weighted by Crippen LogP contribution is -2.33. The highest BCUT2D eigenvalue weighted by atomic mass is 19.2. The number of aliphatic carboxylic acids is 1. The molecule has 2 rings (SSSR count). The van der Waals surface area contributed by atoms with Gasteiger partial charge in [0.15, 0.2) is 11.6 Å². The first kappa shape index (κ1) is 18.3. The fourth-order valence-electron chi connectivity index (χ4n) is 2.71. The maximum Gasteiger partial charge on any atom is 0.305 e. The SMILES string of the molecule is O=C(O)CCN(Cc1cccc(F)c1F)C(=O)CC[C@H]1CCCO1. The zero-order valence-electron chi connectivity index (χ0n) is 13.3. The van der Waals surface area contributed by atoms with Crippen LogP contribution < -0.4 is 0 Å². The van der Waals surface area contributed by atoms with Gasteiger partial charge in [0.05, 0.1) is 12.5 Å². The van der Waals surface area contributed by atoms with Crippen LogP contribution in [0.3, 0.4) is 0 Å². The number of ether oxygens (including phenoxy) is 1. The Bertz CT molecular complexity index is 588. The Balaban J connectivity index is 2.00. The molecule has 1 aromatic carbocycles. The summed E-state index contributed by atoms with van der Waals surface area (Å²) >= 11 is 0. The third kappa shape index (κ3) is 5.26. The maximum atomic E-state index is 13.8. The number of halogens is 2. The summed E-state index contributed by atoms with van der Waals surface area (Å²) < 4.78 is 32.6. The quantitative estimate of drug-likeness (QED) is 0.789. The van der Waals surface area contributed by atoms with Gasteiger partial charge in [-0.25, -0.2) is 8.78 Å². The molecule has 1 N–H and O–H groups in total. The summed E-state index contributed by atoms with van der Waals surface area (Å²) in [5.74, 6) is -3.33. The van der Waals surface area contributed by atoms with Crippen molar-refractivity contribution in [2.24, 2.45) is 0 Å². The first-order valence-corrected chi connectivity index (χ1v) is 8.01. The third-order valence-corrected chi connectivity index (χ3v) is 4.05. The molecule has 0 aromatic heterocycles. The second-order valence-corrected chi connectivity index (χ2v) is 5.85. The van der Waals surface area contributed by atoms with E-state index in [4.69, 9.17) is 9.84 Å². The molecule has 132 valence electrons. The highest BCUT2D eigenvalue weighted by Gasteiger charge is 2.21. The number of benzene rings is 1. The molecular formula is C17H21F2NO4. The van der Waals surface area contributed by atoms with E-state index in [9.17, 15) is 18.4 Å². The molecule has 5 nitrogen and oxygen atoms in total. The molecule has 1 saturated heterocycles. The summed E-state index contributed by atoms with van der Waals surface area (Å²) in [6.45, 7) is 0.493. The largest absolute Gasteiger partial charge is 0.481 e. The fraction of sp³-hybridized carbons (Fsp3) is 0.529. The van der Waals surface area contributed by atoms with Crippen LogP contribution in [0.4, 0.5) is 8.78 Å². The summed E-state index contributed by atoms with van der Waals surface area (Å²) in [5, 5.41) is 8.82. The Hall–Kier alpha value is -2.02. The number of hydrogen-bond acceptors (Lipinski definition) is 3. The van der Waals surface area contributed by atoms with Crippen LogP contribution in [0, 0.1) is 11.6 Å². The predicted molar refractivity (Wildman–Crippen MR) is 82.2 cm³/mol. The minimum absolute atomic E-state index is 0.0332. The first-order valence-electron chi connectivity index (χ1n) is 8.01. The van der Waals surface area contributed by atoms with Gasteiger partial charge in [0, 0.05) is 31.7 Å². The molecular weight excluding hydrogens is 320 g/mol. The molecule has 1 aliphatic heterocycles. The molecule has 1 aliphatic rings. The summed E-state index contributed by atoms with van der Waals surface area (Å²) in [6, 6.07) is 3.75. The number of hydrogen-bond donors (Lipinski definition) is 1. The van der Waals surface area contributed by atoms with Crippen molar-refractivity contribution >= 4 is 11.9 Å².